The van der Waals surface area contributed by atoms with Crippen LogP contribution in [0.4, 0.5) is 5.95 Å². The smallest absolute Gasteiger partial charge is 0.209 e. The molecule has 0 amide bonds. The molecular weight excluding hydrogens is 406 g/mol. The highest BCUT2D eigenvalue weighted by Crippen LogP contribution is 2.45. The summed E-state index contributed by atoms with van der Waals surface area (Å²) in [5, 5.41) is 4.22. The van der Waals surface area contributed by atoms with Gasteiger partial charge in [0.05, 0.1) is 17.1 Å². The van der Waals surface area contributed by atoms with Crippen LogP contribution in [0.2, 0.25) is 5.02 Å². The number of para-hydroxylation sites is 2. The first kappa shape index (κ1) is 18.4. The molecule has 5 heteroatoms. The van der Waals surface area contributed by atoms with Gasteiger partial charge in [-0.1, -0.05) is 66.2 Å². The Bertz CT molecular complexity index is 1340. The van der Waals surface area contributed by atoms with Gasteiger partial charge in [-0.05, 0) is 47.7 Å². The summed E-state index contributed by atoms with van der Waals surface area (Å²) in [6.45, 7) is 0. The van der Waals surface area contributed by atoms with Gasteiger partial charge in [-0.2, -0.15) is 0 Å². The highest BCUT2D eigenvalue weighted by Gasteiger charge is 2.39. The number of carbonyl (C=O) groups excluding carboxylic acids is 1. The monoisotopic (exact) mass is 425 g/mol. The summed E-state index contributed by atoms with van der Waals surface area (Å²) < 4.78 is 2.17. The Hall–Kier alpha value is -3.37. The average molecular weight is 426 g/mol. The first-order chi connectivity index (χ1) is 15.2. The number of carbonyl (C=O) groups is 1. The number of rotatable bonds is 2. The SMILES string of the molecule is O=C1CC(c2ccc(Cl)cc2)CC2=C1C(c1ccccc1)n1c(nc3ccccc31)N2. The number of hydrogen-bond donors (Lipinski definition) is 1. The molecule has 1 N–H and O–H groups in total. The normalized spacial score (nSPS) is 20.4. The van der Waals surface area contributed by atoms with Gasteiger partial charge in [-0.25, -0.2) is 4.98 Å². The average Bonchev–Trinajstić information content (AvgIpc) is 3.16. The number of imidazole rings is 1. The number of ketones is 1. The number of nitrogens with one attached hydrogen (secondary N) is 1. The molecule has 0 spiro atoms. The van der Waals surface area contributed by atoms with Crippen molar-refractivity contribution >= 4 is 34.4 Å². The molecule has 2 heterocycles. The molecule has 1 aromatic heterocycles. The minimum Gasteiger partial charge on any atom is -0.329 e. The predicted octanol–water partition coefficient (Wildman–Crippen LogP) is 6.11. The Kier molecular flexibility index (Phi) is 4.22. The van der Waals surface area contributed by atoms with Gasteiger partial charge in [0.2, 0.25) is 5.95 Å². The van der Waals surface area contributed by atoms with Gasteiger partial charge in [0.15, 0.2) is 5.78 Å². The second-order valence-corrected chi connectivity index (χ2v) is 8.64. The van der Waals surface area contributed by atoms with E-state index < -0.39 is 0 Å². The number of Topliss-reactive ketones (excluding diaryl/α,β-unsaturated/α-hetero) is 1. The molecule has 2 aliphatic rings. The minimum absolute atomic E-state index is 0.128. The largest absolute Gasteiger partial charge is 0.329 e. The van der Waals surface area contributed by atoms with Crippen LogP contribution in [0.3, 0.4) is 0 Å². The van der Waals surface area contributed by atoms with Gasteiger partial charge in [0.1, 0.15) is 0 Å². The molecule has 0 fully saturated rings. The summed E-state index contributed by atoms with van der Waals surface area (Å²) in [6, 6.07) is 26.0. The summed E-state index contributed by atoms with van der Waals surface area (Å²) in [5.74, 6) is 1.10. The van der Waals surface area contributed by atoms with Crippen molar-refractivity contribution in [1.29, 1.82) is 0 Å². The molecule has 0 saturated heterocycles. The second kappa shape index (κ2) is 7.10. The van der Waals surface area contributed by atoms with Crippen molar-refractivity contribution < 1.29 is 4.79 Å². The third kappa shape index (κ3) is 2.98. The number of hydrogen-bond acceptors (Lipinski definition) is 3. The lowest BCUT2D eigenvalue weighted by Gasteiger charge is -2.36. The van der Waals surface area contributed by atoms with Crippen LogP contribution in [0.15, 0.2) is 90.1 Å². The third-order valence-electron chi connectivity index (χ3n) is 6.35. The van der Waals surface area contributed by atoms with E-state index in [2.05, 4.69) is 28.1 Å². The standard InChI is InChI=1S/C26H20ClN3O/c27-19-12-10-16(11-13-19)18-14-21-24(23(31)15-18)25(17-6-2-1-3-7-17)30-22-9-5-4-8-20(22)28-26(30)29-21/h1-13,18,25H,14-15H2,(H,28,29). The van der Waals surface area contributed by atoms with Crippen molar-refractivity contribution in [3.8, 4) is 0 Å². The van der Waals surface area contributed by atoms with E-state index in [1.54, 1.807) is 0 Å². The van der Waals surface area contributed by atoms with E-state index >= 15 is 0 Å². The Morgan fingerprint density at radius 2 is 1.61 bits per heavy atom. The first-order valence-electron chi connectivity index (χ1n) is 10.5. The van der Waals surface area contributed by atoms with E-state index in [0.717, 1.165) is 45.8 Å². The number of allylic oxidation sites excluding steroid dienone is 2. The van der Waals surface area contributed by atoms with Crippen LogP contribution in [-0.4, -0.2) is 15.3 Å². The number of nitrogens with zero attached hydrogens (tertiary/aromatic N) is 2. The van der Waals surface area contributed by atoms with Crippen molar-refractivity contribution in [1.82, 2.24) is 9.55 Å². The molecule has 0 saturated carbocycles. The van der Waals surface area contributed by atoms with E-state index in [4.69, 9.17) is 16.6 Å². The van der Waals surface area contributed by atoms with Crippen molar-refractivity contribution in [2.45, 2.75) is 24.8 Å². The molecule has 3 aromatic carbocycles. The van der Waals surface area contributed by atoms with E-state index in [9.17, 15) is 4.79 Å². The van der Waals surface area contributed by atoms with E-state index in [1.807, 2.05) is 60.7 Å². The number of benzene rings is 3. The maximum Gasteiger partial charge on any atom is 0.209 e. The molecule has 6 rings (SSSR count). The molecule has 4 nitrogen and oxygen atoms in total. The number of halogens is 1. The van der Waals surface area contributed by atoms with Crippen LogP contribution < -0.4 is 5.32 Å². The van der Waals surface area contributed by atoms with Crippen LogP contribution in [0.25, 0.3) is 11.0 Å². The fourth-order valence-corrected chi connectivity index (χ4v) is 5.07. The van der Waals surface area contributed by atoms with E-state index in [-0.39, 0.29) is 17.7 Å². The molecular formula is C26H20ClN3O. The van der Waals surface area contributed by atoms with Crippen LogP contribution >= 0.6 is 11.6 Å². The lowest BCUT2D eigenvalue weighted by Crippen LogP contribution is -2.33. The summed E-state index contributed by atoms with van der Waals surface area (Å²) in [5.41, 5.74) is 6.02. The summed E-state index contributed by atoms with van der Waals surface area (Å²) in [7, 11) is 0. The molecule has 4 aromatic rings. The number of fused-ring (bicyclic) bond motifs is 3. The highest BCUT2D eigenvalue weighted by molar-refractivity contribution is 6.30. The fourth-order valence-electron chi connectivity index (χ4n) is 4.95. The quantitative estimate of drug-likeness (QED) is 0.421. The maximum atomic E-state index is 13.6. The van der Waals surface area contributed by atoms with Crippen LogP contribution in [0.5, 0.6) is 0 Å². The molecule has 1 aliphatic heterocycles. The Morgan fingerprint density at radius 1 is 0.871 bits per heavy atom. The Balaban J connectivity index is 1.51. The number of anilines is 1. The van der Waals surface area contributed by atoms with Crippen LogP contribution in [-0.2, 0) is 4.79 Å². The molecule has 152 valence electrons. The summed E-state index contributed by atoms with van der Waals surface area (Å²) >= 11 is 6.07. The molecule has 2 unspecified atom stereocenters. The van der Waals surface area contributed by atoms with Crippen molar-refractivity contribution in [2.24, 2.45) is 0 Å². The topological polar surface area (TPSA) is 46.9 Å². The van der Waals surface area contributed by atoms with E-state index in [1.165, 1.54) is 0 Å². The van der Waals surface area contributed by atoms with Gasteiger partial charge in [0.25, 0.3) is 0 Å². The zero-order valence-electron chi connectivity index (χ0n) is 16.8. The Labute approximate surface area is 185 Å². The summed E-state index contributed by atoms with van der Waals surface area (Å²) in [6.07, 6.45) is 1.27. The van der Waals surface area contributed by atoms with Gasteiger partial charge >= 0.3 is 0 Å². The van der Waals surface area contributed by atoms with Crippen LogP contribution in [0, 0.1) is 0 Å². The van der Waals surface area contributed by atoms with Gasteiger partial charge in [-0.15, -0.1) is 0 Å². The minimum atomic E-state index is -0.182. The zero-order valence-corrected chi connectivity index (χ0v) is 17.5. The van der Waals surface area contributed by atoms with E-state index in [0.29, 0.717) is 11.4 Å². The van der Waals surface area contributed by atoms with Crippen molar-refractivity contribution in [3.63, 3.8) is 0 Å². The van der Waals surface area contributed by atoms with Crippen LogP contribution in [0.1, 0.15) is 35.9 Å². The van der Waals surface area contributed by atoms with Gasteiger partial charge in [-0.3, -0.25) is 9.36 Å². The highest BCUT2D eigenvalue weighted by atomic mass is 35.5. The van der Waals surface area contributed by atoms with Gasteiger partial charge < -0.3 is 5.32 Å². The zero-order chi connectivity index (χ0) is 20.9. The van der Waals surface area contributed by atoms with Crippen molar-refractivity contribution in [3.05, 3.63) is 106 Å². The Morgan fingerprint density at radius 3 is 2.42 bits per heavy atom. The number of aromatic nitrogens is 2. The summed E-state index contributed by atoms with van der Waals surface area (Å²) in [4.78, 5) is 18.4. The molecule has 1 aliphatic carbocycles. The molecule has 0 bridgehead atoms. The van der Waals surface area contributed by atoms with Crippen molar-refractivity contribution in [2.75, 3.05) is 5.32 Å². The maximum absolute atomic E-state index is 13.6. The second-order valence-electron chi connectivity index (χ2n) is 8.20. The lowest BCUT2D eigenvalue weighted by atomic mass is 9.78. The fraction of sp³-hybridized carbons (Fsp3) is 0.154. The third-order valence-corrected chi connectivity index (χ3v) is 6.61. The first-order valence-corrected chi connectivity index (χ1v) is 10.9. The molecule has 2 atom stereocenters. The molecule has 0 radical (unpaired) electrons. The van der Waals surface area contributed by atoms with Gasteiger partial charge in [0, 0.05) is 22.7 Å². The molecule has 31 heavy (non-hydrogen) atoms. The predicted molar refractivity (Wildman–Crippen MR) is 123 cm³/mol. The lowest BCUT2D eigenvalue weighted by molar-refractivity contribution is -0.116.